The van der Waals surface area contributed by atoms with Gasteiger partial charge in [-0.1, -0.05) is 6.58 Å². The molecule has 9 heteroatoms. The lowest BCUT2D eigenvalue weighted by atomic mass is 9.78. The first-order chi connectivity index (χ1) is 11.0. The van der Waals surface area contributed by atoms with Gasteiger partial charge in [0.1, 0.15) is 37.4 Å². The Morgan fingerprint density at radius 3 is 2.57 bits per heavy atom. The van der Waals surface area contributed by atoms with Crippen molar-refractivity contribution >= 4 is 17.9 Å². The summed E-state index contributed by atoms with van der Waals surface area (Å²) in [7, 11) is 0. The molecule has 7 nitrogen and oxygen atoms in total. The highest BCUT2D eigenvalue weighted by Crippen LogP contribution is 2.51. The predicted octanol–water partition coefficient (Wildman–Crippen LogP) is -0.126. The number of alkyl halides is 2. The minimum absolute atomic E-state index is 0.682. The molecule has 3 aliphatic rings. The zero-order chi connectivity index (χ0) is 16.7. The molecule has 6 unspecified atom stereocenters. The molecular weight excluding hydrogens is 318 g/mol. The van der Waals surface area contributed by atoms with Gasteiger partial charge < -0.3 is 18.9 Å². The number of hydrogen-bond acceptors (Lipinski definition) is 7. The maximum Gasteiger partial charge on any atom is 0.330 e. The van der Waals surface area contributed by atoms with Crippen LogP contribution in [0.1, 0.15) is 0 Å². The van der Waals surface area contributed by atoms with E-state index >= 15 is 0 Å². The molecule has 0 radical (unpaired) electrons. The predicted molar refractivity (Wildman–Crippen MR) is 67.4 cm³/mol. The third-order valence-electron chi connectivity index (χ3n) is 4.22. The highest BCUT2D eigenvalue weighted by atomic mass is 19.1. The van der Waals surface area contributed by atoms with E-state index in [1.165, 1.54) is 0 Å². The monoisotopic (exact) mass is 332 g/mol. The first-order valence-electron chi connectivity index (χ1n) is 7.03. The van der Waals surface area contributed by atoms with Gasteiger partial charge in [-0.2, -0.15) is 0 Å². The van der Waals surface area contributed by atoms with Crippen molar-refractivity contribution in [3.63, 3.8) is 0 Å². The van der Waals surface area contributed by atoms with Gasteiger partial charge in [-0.25, -0.2) is 13.6 Å². The van der Waals surface area contributed by atoms with Crippen molar-refractivity contribution in [1.82, 2.24) is 0 Å². The first kappa shape index (κ1) is 15.9. The summed E-state index contributed by atoms with van der Waals surface area (Å²) in [6.45, 7) is 0.891. The van der Waals surface area contributed by atoms with Crippen molar-refractivity contribution in [3.05, 3.63) is 12.7 Å². The summed E-state index contributed by atoms with van der Waals surface area (Å²) in [6, 6.07) is 0. The van der Waals surface area contributed by atoms with E-state index in [-0.39, 0.29) is 0 Å². The van der Waals surface area contributed by atoms with Crippen LogP contribution in [0.3, 0.4) is 0 Å². The smallest absolute Gasteiger partial charge is 0.330 e. The Balaban J connectivity index is 1.80. The number of fused-ring (bicyclic) bond motifs is 1. The molecule has 3 aliphatic heterocycles. The number of esters is 3. The molecule has 126 valence electrons. The number of carbonyl (C=O) groups excluding carboxylic acids is 3. The van der Waals surface area contributed by atoms with E-state index in [0.717, 1.165) is 6.08 Å². The topological polar surface area (TPSA) is 88.1 Å². The van der Waals surface area contributed by atoms with Gasteiger partial charge in [-0.05, 0) is 0 Å². The van der Waals surface area contributed by atoms with E-state index in [1.54, 1.807) is 0 Å². The molecule has 0 spiro atoms. The minimum Gasteiger partial charge on any atom is -0.456 e. The van der Waals surface area contributed by atoms with Gasteiger partial charge in [-0.15, -0.1) is 0 Å². The van der Waals surface area contributed by atoms with E-state index in [2.05, 4.69) is 6.58 Å². The molecule has 3 rings (SSSR count). The summed E-state index contributed by atoms with van der Waals surface area (Å²) < 4.78 is 45.5. The van der Waals surface area contributed by atoms with Gasteiger partial charge in [0.05, 0.1) is 0 Å². The molecule has 6 atom stereocenters. The molecule has 3 heterocycles. The molecule has 2 bridgehead atoms. The van der Waals surface area contributed by atoms with Gasteiger partial charge in [-0.3, -0.25) is 9.59 Å². The van der Waals surface area contributed by atoms with Crippen LogP contribution in [0.4, 0.5) is 8.78 Å². The number of rotatable bonds is 6. The van der Waals surface area contributed by atoms with Crippen LogP contribution in [-0.4, -0.2) is 61.8 Å². The second-order valence-corrected chi connectivity index (χ2v) is 5.49. The Morgan fingerprint density at radius 2 is 1.96 bits per heavy atom. The van der Waals surface area contributed by atoms with E-state index in [4.69, 9.17) is 18.9 Å². The van der Waals surface area contributed by atoms with Crippen LogP contribution in [0.2, 0.25) is 0 Å². The van der Waals surface area contributed by atoms with E-state index in [1.807, 2.05) is 0 Å². The molecule has 0 N–H and O–H groups in total. The van der Waals surface area contributed by atoms with Crippen LogP contribution in [0.15, 0.2) is 12.7 Å². The standard InChI is InChI=1S/C14H14F2O7/c1-2-6(17)21-11-9-7(13(18)20-5(3-15)4-16)8-10(22-9)12(11)23-14(8)19/h2,5,7-12H,1,3-4H2. The summed E-state index contributed by atoms with van der Waals surface area (Å²) >= 11 is 0. The largest absolute Gasteiger partial charge is 0.456 e. The van der Waals surface area contributed by atoms with E-state index in [9.17, 15) is 23.2 Å². The summed E-state index contributed by atoms with van der Waals surface area (Å²) in [5, 5.41) is 0. The van der Waals surface area contributed by atoms with Crippen molar-refractivity contribution < 1.29 is 42.1 Å². The molecule has 0 aromatic heterocycles. The van der Waals surface area contributed by atoms with Crippen LogP contribution in [0.25, 0.3) is 0 Å². The Labute approximate surface area is 129 Å². The maximum atomic E-state index is 12.5. The lowest BCUT2D eigenvalue weighted by molar-refractivity contribution is -0.164. The van der Waals surface area contributed by atoms with Crippen molar-refractivity contribution in [2.24, 2.45) is 11.8 Å². The molecule has 0 aromatic rings. The van der Waals surface area contributed by atoms with Crippen molar-refractivity contribution in [3.8, 4) is 0 Å². The zero-order valence-corrected chi connectivity index (χ0v) is 11.9. The summed E-state index contributed by atoms with van der Waals surface area (Å²) in [5.74, 6) is -4.47. The molecular formula is C14H14F2O7. The number of halogens is 2. The van der Waals surface area contributed by atoms with E-state index in [0.29, 0.717) is 0 Å². The Morgan fingerprint density at radius 1 is 1.26 bits per heavy atom. The summed E-state index contributed by atoms with van der Waals surface area (Å²) in [6.07, 6.45) is -4.11. The summed E-state index contributed by atoms with van der Waals surface area (Å²) in [4.78, 5) is 35.5. The fourth-order valence-electron chi connectivity index (χ4n) is 3.27. The normalized spacial score (nSPS) is 36.9. The van der Waals surface area contributed by atoms with Crippen molar-refractivity contribution in [2.75, 3.05) is 13.3 Å². The maximum absolute atomic E-state index is 12.5. The zero-order valence-electron chi connectivity index (χ0n) is 11.9. The second kappa shape index (κ2) is 5.88. The van der Waals surface area contributed by atoms with Crippen LogP contribution in [-0.2, 0) is 33.3 Å². The van der Waals surface area contributed by atoms with Crippen molar-refractivity contribution in [2.45, 2.75) is 30.5 Å². The number of carbonyl (C=O) groups is 3. The summed E-state index contributed by atoms with van der Waals surface area (Å²) in [5.41, 5.74) is 0. The third kappa shape index (κ3) is 2.39. The SMILES string of the molecule is C=CC(=O)OC1C2OC(=O)C3C2OC1C3C(=O)OC(CF)CF. The molecule has 0 amide bonds. The van der Waals surface area contributed by atoms with Gasteiger partial charge in [0.15, 0.2) is 18.3 Å². The molecule has 0 saturated carbocycles. The fourth-order valence-corrected chi connectivity index (χ4v) is 3.27. The molecule has 0 aliphatic carbocycles. The molecule has 23 heavy (non-hydrogen) atoms. The van der Waals surface area contributed by atoms with Crippen LogP contribution >= 0.6 is 0 Å². The minimum atomic E-state index is -1.54. The molecule has 3 fully saturated rings. The Kier molecular flexibility index (Phi) is 4.05. The number of hydrogen-bond donors (Lipinski definition) is 0. The highest BCUT2D eigenvalue weighted by Gasteiger charge is 2.72. The average molecular weight is 332 g/mol. The fraction of sp³-hybridized carbons (Fsp3) is 0.643. The highest BCUT2D eigenvalue weighted by molar-refractivity contribution is 5.87. The first-order valence-corrected chi connectivity index (χ1v) is 7.03. The third-order valence-corrected chi connectivity index (χ3v) is 4.22. The molecule has 3 saturated heterocycles. The van der Waals surface area contributed by atoms with Crippen LogP contribution < -0.4 is 0 Å². The lowest BCUT2D eigenvalue weighted by Gasteiger charge is -2.27. The quantitative estimate of drug-likeness (QED) is 0.380. The number of ether oxygens (including phenoxy) is 4. The van der Waals surface area contributed by atoms with Crippen molar-refractivity contribution in [1.29, 1.82) is 0 Å². The second-order valence-electron chi connectivity index (χ2n) is 5.49. The van der Waals surface area contributed by atoms with Crippen LogP contribution in [0, 0.1) is 11.8 Å². The lowest BCUT2D eigenvalue weighted by Crippen LogP contribution is -2.48. The van der Waals surface area contributed by atoms with Gasteiger partial charge in [0.25, 0.3) is 0 Å². The van der Waals surface area contributed by atoms with Gasteiger partial charge in [0.2, 0.25) is 0 Å². The average Bonchev–Trinajstić information content (AvgIpc) is 3.15. The molecule has 0 aromatic carbocycles. The van der Waals surface area contributed by atoms with Gasteiger partial charge >= 0.3 is 17.9 Å². The Bertz CT molecular complexity index is 547. The van der Waals surface area contributed by atoms with Crippen LogP contribution in [0.5, 0.6) is 0 Å². The Hall–Kier alpha value is -2.03. The van der Waals surface area contributed by atoms with E-state index < -0.39 is 73.6 Å². The van der Waals surface area contributed by atoms with Gasteiger partial charge in [0, 0.05) is 6.08 Å².